The molecule has 12 heteroatoms. The molecule has 1 amide bonds. The molecular formula is C31H45NO10S. The molecule has 43 heavy (non-hydrogen) atoms. The normalized spacial score (nSPS) is 36.7. The van der Waals surface area contributed by atoms with Gasteiger partial charge in [-0.2, -0.15) is 8.42 Å². The molecule has 8 atom stereocenters. The second kappa shape index (κ2) is 12.2. The van der Waals surface area contributed by atoms with E-state index in [0.29, 0.717) is 32.1 Å². The number of aliphatic hydroxyl groups excluding tert-OH is 1. The first kappa shape index (κ1) is 33.5. The van der Waals surface area contributed by atoms with Crippen molar-refractivity contribution < 1.29 is 47.1 Å². The lowest BCUT2D eigenvalue weighted by atomic mass is 9.45. The summed E-state index contributed by atoms with van der Waals surface area (Å²) in [6.07, 6.45) is 8.23. The predicted molar refractivity (Wildman–Crippen MR) is 155 cm³/mol. The van der Waals surface area contributed by atoms with Crippen LogP contribution in [0.15, 0.2) is 23.8 Å². The van der Waals surface area contributed by atoms with Crippen LogP contribution in [-0.2, 0) is 34.2 Å². The van der Waals surface area contributed by atoms with E-state index in [1.165, 1.54) is 0 Å². The zero-order valence-electron chi connectivity index (χ0n) is 25.5. The molecule has 11 nitrogen and oxygen atoms in total. The third kappa shape index (κ3) is 6.12. The van der Waals surface area contributed by atoms with E-state index in [9.17, 15) is 37.8 Å². The molecule has 0 saturated heterocycles. The molecule has 4 aliphatic carbocycles. The molecule has 240 valence electrons. The number of ketones is 2. The molecule has 0 aliphatic heterocycles. The lowest BCUT2D eigenvalue weighted by Crippen LogP contribution is -2.62. The summed E-state index contributed by atoms with van der Waals surface area (Å²) in [6, 6.07) is 0. The molecule has 3 N–H and O–H groups in total. The van der Waals surface area contributed by atoms with Gasteiger partial charge >= 0.3 is 16.3 Å². The van der Waals surface area contributed by atoms with Crippen molar-refractivity contribution in [3.63, 3.8) is 0 Å². The second-order valence-electron chi connectivity index (χ2n) is 13.5. The van der Waals surface area contributed by atoms with Crippen LogP contribution in [0.4, 0.5) is 0 Å². The highest BCUT2D eigenvalue weighted by molar-refractivity contribution is 7.83. The van der Waals surface area contributed by atoms with Crippen molar-refractivity contribution in [3.8, 4) is 0 Å². The van der Waals surface area contributed by atoms with Gasteiger partial charge in [-0.3, -0.25) is 23.7 Å². The maximum Gasteiger partial charge on any atom is 0.361 e. The van der Waals surface area contributed by atoms with Crippen LogP contribution >= 0.6 is 0 Å². The number of carbonyl (C=O) groups is 4. The van der Waals surface area contributed by atoms with Crippen LogP contribution in [0.5, 0.6) is 0 Å². The van der Waals surface area contributed by atoms with Crippen LogP contribution in [-0.4, -0.2) is 76.3 Å². The molecular weight excluding hydrogens is 578 g/mol. The maximum atomic E-state index is 13.4. The Morgan fingerprint density at radius 3 is 2.42 bits per heavy atom. The fourth-order valence-electron chi connectivity index (χ4n) is 8.74. The molecule has 0 spiro atoms. The zero-order valence-corrected chi connectivity index (χ0v) is 26.3. The fraction of sp³-hybridized carbons (Fsp3) is 0.742. The molecule has 0 radical (unpaired) electrons. The minimum absolute atomic E-state index is 0.0124. The standard InChI is InChI=1S/C31H45NO10S/c1-19-15-21-22-12-14-31(38,30(22,3)17-24(34)28(21)29(2)13-11-20(33)16-23(19)29)25(35)18-42-27(37)10-8-6-5-7-9-26(36)32(4)43(39,40)41/h11,13,16,19,21-22,24,28,34,38H,5-10,12,14-15,17-18H2,1-4H3,(H,39,40,41)/t19-,21-,22-,24-,28+,29-,30-,31-/m0/s1. The largest absolute Gasteiger partial charge is 0.458 e. The third-order valence-electron chi connectivity index (χ3n) is 11.0. The smallest absolute Gasteiger partial charge is 0.361 e. The summed E-state index contributed by atoms with van der Waals surface area (Å²) in [5.74, 6) is -1.86. The van der Waals surface area contributed by atoms with Crippen molar-refractivity contribution >= 4 is 33.7 Å². The van der Waals surface area contributed by atoms with E-state index in [1.807, 2.05) is 13.0 Å². The first-order chi connectivity index (χ1) is 20.0. The first-order valence-electron chi connectivity index (χ1n) is 15.2. The van der Waals surface area contributed by atoms with E-state index < -0.39 is 57.1 Å². The van der Waals surface area contributed by atoms with E-state index in [0.717, 1.165) is 19.0 Å². The maximum absolute atomic E-state index is 13.4. The summed E-state index contributed by atoms with van der Waals surface area (Å²) in [6.45, 7) is 5.50. The molecule has 0 heterocycles. The predicted octanol–water partition coefficient (Wildman–Crippen LogP) is 2.96. The number of hydrogen-bond donors (Lipinski definition) is 3. The van der Waals surface area contributed by atoms with E-state index in [4.69, 9.17) is 9.29 Å². The highest BCUT2D eigenvalue weighted by Crippen LogP contribution is 2.67. The number of unbranched alkanes of at least 4 members (excludes halogenated alkanes) is 3. The van der Waals surface area contributed by atoms with E-state index in [1.54, 1.807) is 12.2 Å². The third-order valence-corrected chi connectivity index (χ3v) is 11.9. The van der Waals surface area contributed by atoms with Gasteiger partial charge in [0.25, 0.3) is 0 Å². The van der Waals surface area contributed by atoms with E-state index in [-0.39, 0.29) is 59.4 Å². The number of rotatable bonds is 11. The molecule has 0 unspecified atom stereocenters. The molecule has 0 aromatic carbocycles. The Hall–Kier alpha value is -2.41. The Bertz CT molecular complexity index is 1320. The van der Waals surface area contributed by atoms with Gasteiger partial charge in [-0.1, -0.05) is 45.3 Å². The molecule has 0 aromatic rings. The lowest BCUT2D eigenvalue weighted by molar-refractivity contribution is -0.182. The van der Waals surface area contributed by atoms with Crippen LogP contribution < -0.4 is 0 Å². The minimum Gasteiger partial charge on any atom is -0.458 e. The summed E-state index contributed by atoms with van der Waals surface area (Å²) in [5.41, 5.74) is -2.05. The summed E-state index contributed by atoms with van der Waals surface area (Å²) >= 11 is 0. The first-order valence-corrected chi connectivity index (χ1v) is 16.6. The van der Waals surface area contributed by atoms with Crippen molar-refractivity contribution in [2.75, 3.05) is 13.7 Å². The summed E-state index contributed by atoms with van der Waals surface area (Å²) in [4.78, 5) is 49.7. The molecule has 3 fully saturated rings. The molecule has 0 aromatic heterocycles. The number of esters is 1. The quantitative estimate of drug-likeness (QED) is 0.176. The van der Waals surface area contributed by atoms with Gasteiger partial charge in [0.05, 0.1) is 6.10 Å². The van der Waals surface area contributed by atoms with Crippen LogP contribution in [0.25, 0.3) is 0 Å². The van der Waals surface area contributed by atoms with Crippen molar-refractivity contribution in [1.29, 1.82) is 0 Å². The average Bonchev–Trinajstić information content (AvgIpc) is 3.19. The number of hydrogen-bond acceptors (Lipinski definition) is 9. The molecule has 0 bridgehead atoms. The minimum atomic E-state index is -4.56. The Labute approximate surface area is 253 Å². The van der Waals surface area contributed by atoms with Gasteiger partial charge in [0.2, 0.25) is 11.7 Å². The lowest BCUT2D eigenvalue weighted by Gasteiger charge is -2.60. The number of amides is 1. The van der Waals surface area contributed by atoms with Gasteiger partial charge in [0.1, 0.15) is 5.60 Å². The topological polar surface area (TPSA) is 176 Å². The highest BCUT2D eigenvalue weighted by Gasteiger charge is 2.68. The average molecular weight is 624 g/mol. The Kier molecular flexibility index (Phi) is 9.48. The van der Waals surface area contributed by atoms with Crippen molar-refractivity contribution in [2.45, 2.75) is 96.7 Å². The van der Waals surface area contributed by atoms with Crippen LogP contribution in [0.1, 0.15) is 85.0 Å². The number of aliphatic hydroxyl groups is 2. The van der Waals surface area contributed by atoms with Gasteiger partial charge in [-0.15, -0.1) is 0 Å². The number of Topliss-reactive ketones (excluding diaryl/α,β-unsaturated/α-hetero) is 1. The van der Waals surface area contributed by atoms with Gasteiger partial charge < -0.3 is 14.9 Å². The Morgan fingerprint density at radius 1 is 1.12 bits per heavy atom. The molecule has 3 saturated carbocycles. The van der Waals surface area contributed by atoms with Gasteiger partial charge in [0.15, 0.2) is 12.4 Å². The number of nitrogens with zero attached hydrogens (tertiary/aromatic N) is 1. The van der Waals surface area contributed by atoms with Crippen molar-refractivity contribution in [1.82, 2.24) is 4.31 Å². The van der Waals surface area contributed by atoms with Crippen LogP contribution in [0.3, 0.4) is 0 Å². The SMILES string of the molecule is C[C@H]1C[C@@H]2[C@H]([C@@H](O)C[C@@]3(C)[C@H]2CC[C@]3(O)C(=O)COC(=O)CCCCCCC(=O)N(C)S(=O)(=O)O)[C@@]2(C)C=CC(=O)C=C12. The van der Waals surface area contributed by atoms with Crippen molar-refractivity contribution in [2.24, 2.45) is 34.5 Å². The zero-order chi connectivity index (χ0) is 32.0. The van der Waals surface area contributed by atoms with Gasteiger partial charge in [0, 0.05) is 36.6 Å². The molecule has 4 aliphatic rings. The fourth-order valence-corrected chi connectivity index (χ4v) is 9.08. The number of carbonyl (C=O) groups excluding carboxylic acids is 4. The van der Waals surface area contributed by atoms with Gasteiger partial charge in [-0.25, -0.2) is 4.31 Å². The van der Waals surface area contributed by atoms with Crippen LogP contribution in [0, 0.1) is 34.5 Å². The molecule has 4 rings (SSSR count). The van der Waals surface area contributed by atoms with Crippen LogP contribution in [0.2, 0.25) is 0 Å². The highest BCUT2D eigenvalue weighted by atomic mass is 32.2. The van der Waals surface area contributed by atoms with E-state index >= 15 is 0 Å². The number of fused-ring (bicyclic) bond motifs is 5. The Balaban J connectivity index is 1.30. The summed E-state index contributed by atoms with van der Waals surface area (Å²) in [5, 5.41) is 23.4. The second-order valence-corrected chi connectivity index (χ2v) is 14.9. The monoisotopic (exact) mass is 623 g/mol. The van der Waals surface area contributed by atoms with Gasteiger partial charge in [-0.05, 0) is 68.4 Å². The Morgan fingerprint density at radius 2 is 1.77 bits per heavy atom. The van der Waals surface area contributed by atoms with Crippen molar-refractivity contribution in [3.05, 3.63) is 23.8 Å². The number of allylic oxidation sites excluding steroid dienone is 4. The number of ether oxygens (including phenoxy) is 1. The van der Waals surface area contributed by atoms with E-state index in [2.05, 4.69) is 13.8 Å². The summed E-state index contributed by atoms with van der Waals surface area (Å²) < 4.78 is 36.4. The summed E-state index contributed by atoms with van der Waals surface area (Å²) in [7, 11) is -3.59.